The van der Waals surface area contributed by atoms with Crippen LogP contribution in [0.15, 0.2) is 11.6 Å². The van der Waals surface area contributed by atoms with E-state index in [1.165, 1.54) is 0 Å². The van der Waals surface area contributed by atoms with E-state index in [1.807, 2.05) is 26.8 Å². The van der Waals surface area contributed by atoms with Crippen molar-refractivity contribution in [2.24, 2.45) is 11.3 Å². The van der Waals surface area contributed by atoms with Crippen molar-refractivity contribution in [2.75, 3.05) is 6.61 Å². The number of hydrogen-bond acceptors (Lipinski definition) is 2. The lowest BCUT2D eigenvalue weighted by Gasteiger charge is -2.26. The molecular weight excluding hydrogens is 140 g/mol. The Kier molecular flexibility index (Phi) is 2.08. The summed E-state index contributed by atoms with van der Waals surface area (Å²) in [5.74, 6) is -0.0255. The molecule has 2 heteroatoms. The first-order valence-corrected chi connectivity index (χ1v) is 3.97. The molecule has 0 fully saturated rings. The molecule has 11 heavy (non-hydrogen) atoms. The van der Waals surface area contributed by atoms with Crippen LogP contribution in [0.1, 0.15) is 20.8 Å². The van der Waals surface area contributed by atoms with Crippen LogP contribution in [0.25, 0.3) is 0 Å². The van der Waals surface area contributed by atoms with Crippen LogP contribution in [0.2, 0.25) is 0 Å². The third-order valence-corrected chi connectivity index (χ3v) is 2.60. The second kappa shape index (κ2) is 2.61. The summed E-state index contributed by atoms with van der Waals surface area (Å²) < 4.78 is 0. The number of aliphatic hydroxyl groups excluding tert-OH is 2. The van der Waals surface area contributed by atoms with Crippen LogP contribution in [0, 0.1) is 11.3 Å². The summed E-state index contributed by atoms with van der Waals surface area (Å²) in [5, 5.41) is 18.6. The largest absolute Gasteiger partial charge is 0.396 e. The molecule has 1 rings (SSSR count). The third kappa shape index (κ3) is 1.33. The van der Waals surface area contributed by atoms with Gasteiger partial charge in [-0.2, -0.15) is 0 Å². The van der Waals surface area contributed by atoms with Crippen molar-refractivity contribution >= 4 is 0 Å². The quantitative estimate of drug-likeness (QED) is 0.555. The molecule has 0 aromatic rings. The van der Waals surface area contributed by atoms with E-state index >= 15 is 0 Å². The van der Waals surface area contributed by atoms with Crippen LogP contribution >= 0.6 is 0 Å². The van der Waals surface area contributed by atoms with E-state index in [9.17, 15) is 5.11 Å². The molecule has 0 unspecified atom stereocenters. The van der Waals surface area contributed by atoms with Gasteiger partial charge in [0.05, 0.1) is 6.10 Å². The molecule has 0 radical (unpaired) electrons. The standard InChI is InChI=1S/C9H16O2/c1-6-4-9(2,3)7(5-10)8(6)11/h4,7-8,10-11H,5H2,1-3H3/t7-,8+/m0/s1. The van der Waals surface area contributed by atoms with Crippen molar-refractivity contribution in [3.8, 4) is 0 Å². The van der Waals surface area contributed by atoms with Crippen LogP contribution in [-0.4, -0.2) is 22.9 Å². The SMILES string of the molecule is CC1=CC(C)(C)[C@@H](CO)[C@@H]1O. The molecule has 0 aliphatic heterocycles. The van der Waals surface area contributed by atoms with E-state index in [0.717, 1.165) is 5.57 Å². The van der Waals surface area contributed by atoms with E-state index in [-0.39, 0.29) is 17.9 Å². The Morgan fingerprint density at radius 3 is 2.27 bits per heavy atom. The lowest BCUT2D eigenvalue weighted by atomic mass is 9.82. The molecule has 64 valence electrons. The molecule has 0 aromatic heterocycles. The average Bonchev–Trinajstić information content (AvgIpc) is 2.03. The van der Waals surface area contributed by atoms with Gasteiger partial charge in [-0.05, 0) is 17.9 Å². The van der Waals surface area contributed by atoms with Crippen LogP contribution in [0.4, 0.5) is 0 Å². The normalized spacial score (nSPS) is 35.5. The highest BCUT2D eigenvalue weighted by Gasteiger charge is 2.39. The maximum atomic E-state index is 9.56. The Balaban J connectivity index is 2.85. The van der Waals surface area contributed by atoms with Crippen molar-refractivity contribution in [3.63, 3.8) is 0 Å². The monoisotopic (exact) mass is 156 g/mol. The van der Waals surface area contributed by atoms with Gasteiger partial charge in [0.1, 0.15) is 0 Å². The first-order chi connectivity index (χ1) is 4.99. The molecule has 1 aliphatic rings. The van der Waals surface area contributed by atoms with Crippen molar-refractivity contribution in [1.82, 2.24) is 0 Å². The van der Waals surface area contributed by atoms with E-state index in [4.69, 9.17) is 5.11 Å². The molecule has 2 atom stereocenters. The Morgan fingerprint density at radius 1 is 1.55 bits per heavy atom. The number of rotatable bonds is 1. The van der Waals surface area contributed by atoms with Gasteiger partial charge in [-0.15, -0.1) is 0 Å². The number of hydrogen-bond donors (Lipinski definition) is 2. The van der Waals surface area contributed by atoms with E-state index < -0.39 is 6.10 Å². The highest BCUT2D eigenvalue weighted by Crippen LogP contribution is 2.40. The smallest absolute Gasteiger partial charge is 0.0805 e. The fourth-order valence-electron chi connectivity index (χ4n) is 1.84. The van der Waals surface area contributed by atoms with Crippen molar-refractivity contribution in [3.05, 3.63) is 11.6 Å². The number of allylic oxidation sites excluding steroid dienone is 1. The van der Waals surface area contributed by atoms with Gasteiger partial charge in [-0.3, -0.25) is 0 Å². The highest BCUT2D eigenvalue weighted by molar-refractivity contribution is 5.21. The first kappa shape index (κ1) is 8.75. The van der Waals surface area contributed by atoms with Gasteiger partial charge in [-0.25, -0.2) is 0 Å². The zero-order valence-corrected chi connectivity index (χ0v) is 7.33. The molecule has 0 bridgehead atoms. The Bertz CT molecular complexity index is 182. The minimum Gasteiger partial charge on any atom is -0.396 e. The fourth-order valence-corrected chi connectivity index (χ4v) is 1.84. The van der Waals surface area contributed by atoms with Crippen LogP contribution in [0.5, 0.6) is 0 Å². The summed E-state index contributed by atoms with van der Waals surface area (Å²) in [6.07, 6.45) is 1.59. The molecule has 2 N–H and O–H groups in total. The molecule has 0 heterocycles. The van der Waals surface area contributed by atoms with Gasteiger partial charge in [-0.1, -0.05) is 19.9 Å². The Morgan fingerprint density at radius 2 is 2.09 bits per heavy atom. The van der Waals surface area contributed by atoms with Gasteiger partial charge in [0.25, 0.3) is 0 Å². The number of aliphatic hydroxyl groups is 2. The first-order valence-electron chi connectivity index (χ1n) is 3.97. The second-order valence-electron chi connectivity index (χ2n) is 3.94. The van der Waals surface area contributed by atoms with Gasteiger partial charge in [0, 0.05) is 12.5 Å². The van der Waals surface area contributed by atoms with Crippen LogP contribution in [-0.2, 0) is 0 Å². The maximum absolute atomic E-state index is 9.56. The van der Waals surface area contributed by atoms with E-state index in [0.29, 0.717) is 0 Å². The molecule has 0 saturated carbocycles. The summed E-state index contributed by atoms with van der Waals surface area (Å²) in [4.78, 5) is 0. The molecular formula is C9H16O2. The molecule has 0 aromatic carbocycles. The van der Waals surface area contributed by atoms with E-state index in [2.05, 4.69) is 0 Å². The third-order valence-electron chi connectivity index (χ3n) is 2.60. The van der Waals surface area contributed by atoms with Gasteiger partial charge < -0.3 is 10.2 Å². The van der Waals surface area contributed by atoms with Crippen LogP contribution in [0.3, 0.4) is 0 Å². The summed E-state index contributed by atoms with van der Waals surface area (Å²) in [6.45, 7) is 6.03. The summed E-state index contributed by atoms with van der Waals surface area (Å²) in [5.41, 5.74) is 0.923. The van der Waals surface area contributed by atoms with Gasteiger partial charge in [0.2, 0.25) is 0 Å². The van der Waals surface area contributed by atoms with Gasteiger partial charge in [0.15, 0.2) is 0 Å². The summed E-state index contributed by atoms with van der Waals surface area (Å²) in [7, 11) is 0. The summed E-state index contributed by atoms with van der Waals surface area (Å²) in [6, 6.07) is 0. The molecule has 0 amide bonds. The Hall–Kier alpha value is -0.340. The maximum Gasteiger partial charge on any atom is 0.0805 e. The minimum atomic E-state index is -0.449. The topological polar surface area (TPSA) is 40.5 Å². The molecule has 2 nitrogen and oxygen atoms in total. The predicted molar refractivity (Wildman–Crippen MR) is 44.1 cm³/mol. The zero-order chi connectivity index (χ0) is 8.65. The predicted octanol–water partition coefficient (Wildman–Crippen LogP) is 0.942. The second-order valence-corrected chi connectivity index (χ2v) is 3.94. The zero-order valence-electron chi connectivity index (χ0n) is 7.33. The fraction of sp³-hybridized carbons (Fsp3) is 0.778. The van der Waals surface area contributed by atoms with Gasteiger partial charge >= 0.3 is 0 Å². The Labute approximate surface area is 67.6 Å². The van der Waals surface area contributed by atoms with Crippen molar-refractivity contribution in [2.45, 2.75) is 26.9 Å². The highest BCUT2D eigenvalue weighted by atomic mass is 16.3. The minimum absolute atomic E-state index is 0.0255. The van der Waals surface area contributed by atoms with E-state index in [1.54, 1.807) is 0 Å². The molecule has 0 spiro atoms. The molecule has 0 saturated heterocycles. The lowest BCUT2D eigenvalue weighted by Crippen LogP contribution is -2.30. The summed E-state index contributed by atoms with van der Waals surface area (Å²) >= 11 is 0. The van der Waals surface area contributed by atoms with Crippen molar-refractivity contribution < 1.29 is 10.2 Å². The average molecular weight is 156 g/mol. The molecule has 1 aliphatic carbocycles. The van der Waals surface area contributed by atoms with Crippen LogP contribution < -0.4 is 0 Å². The van der Waals surface area contributed by atoms with Crippen molar-refractivity contribution in [1.29, 1.82) is 0 Å². The lowest BCUT2D eigenvalue weighted by molar-refractivity contribution is 0.0562.